The third kappa shape index (κ3) is 1.68. The summed E-state index contributed by atoms with van der Waals surface area (Å²) >= 11 is 2.89. The fourth-order valence-electron chi connectivity index (χ4n) is 0.546. The van der Waals surface area contributed by atoms with E-state index in [4.69, 9.17) is 10.2 Å². The first kappa shape index (κ1) is 8.00. The molecule has 0 aliphatic carbocycles. The second-order valence-corrected chi connectivity index (χ2v) is 2.56. The Balaban J connectivity index is 3.15. The molecule has 1 heterocycles. The van der Waals surface area contributed by atoms with Gasteiger partial charge >= 0.3 is 5.97 Å². The zero-order valence-corrected chi connectivity index (χ0v) is 6.87. The number of aromatic carboxylic acids is 1. The number of nitrogens with zero attached hydrogens (tertiary/aromatic N) is 1. The molecule has 0 saturated carbocycles. The lowest BCUT2D eigenvalue weighted by molar-refractivity contribution is 0.0690. The van der Waals surface area contributed by atoms with Gasteiger partial charge in [-0.2, -0.15) is 0 Å². The van der Waals surface area contributed by atoms with Crippen LogP contribution in [0.25, 0.3) is 0 Å². The van der Waals surface area contributed by atoms with Crippen molar-refractivity contribution in [2.24, 2.45) is 0 Å². The topological polar surface area (TPSA) is 70.4 Å². The lowest BCUT2D eigenvalue weighted by atomic mass is 10.3. The minimum Gasteiger partial charge on any atom is -0.505 e. The Kier molecular flexibility index (Phi) is 2.09. The molecule has 0 fully saturated rings. The first-order valence-electron chi connectivity index (χ1n) is 2.70. The summed E-state index contributed by atoms with van der Waals surface area (Å²) < 4.78 is 0.136. The minimum atomic E-state index is -1.12. The Morgan fingerprint density at radius 3 is 2.64 bits per heavy atom. The van der Waals surface area contributed by atoms with Gasteiger partial charge in [0.15, 0.2) is 0 Å². The van der Waals surface area contributed by atoms with Crippen LogP contribution in [-0.4, -0.2) is 21.2 Å². The Morgan fingerprint density at radius 1 is 1.55 bits per heavy atom. The van der Waals surface area contributed by atoms with Crippen LogP contribution in [0, 0.1) is 0 Å². The van der Waals surface area contributed by atoms with E-state index in [-0.39, 0.29) is 16.0 Å². The van der Waals surface area contributed by atoms with E-state index in [1.165, 1.54) is 12.1 Å². The Bertz CT molecular complexity index is 300. The highest BCUT2D eigenvalue weighted by Gasteiger charge is 2.06. The van der Waals surface area contributed by atoms with Crippen molar-refractivity contribution in [2.45, 2.75) is 0 Å². The van der Waals surface area contributed by atoms with Gasteiger partial charge in [-0.1, -0.05) is 0 Å². The summed E-state index contributed by atoms with van der Waals surface area (Å²) in [5.41, 5.74) is -0.102. The van der Waals surface area contributed by atoms with Crippen molar-refractivity contribution in [3.05, 3.63) is 22.4 Å². The second-order valence-electron chi connectivity index (χ2n) is 1.81. The van der Waals surface area contributed by atoms with Gasteiger partial charge in [0.25, 0.3) is 0 Å². The number of carboxylic acid groups (broad SMARTS) is 1. The smallest absolute Gasteiger partial charge is 0.354 e. The summed E-state index contributed by atoms with van der Waals surface area (Å²) in [6.07, 6.45) is 0. The van der Waals surface area contributed by atoms with Crippen LogP contribution in [0.4, 0.5) is 0 Å². The fraction of sp³-hybridized carbons (Fsp3) is 0. The van der Waals surface area contributed by atoms with Crippen LogP contribution >= 0.6 is 15.9 Å². The molecule has 0 aliphatic rings. The summed E-state index contributed by atoms with van der Waals surface area (Å²) in [7, 11) is 0. The van der Waals surface area contributed by atoms with Crippen molar-refractivity contribution >= 4 is 21.9 Å². The summed E-state index contributed by atoms with van der Waals surface area (Å²) in [6, 6.07) is 2.49. The van der Waals surface area contributed by atoms with Crippen molar-refractivity contribution < 1.29 is 15.0 Å². The quantitative estimate of drug-likeness (QED) is 0.695. The summed E-state index contributed by atoms with van der Waals surface area (Å²) in [6.45, 7) is 0. The molecule has 0 aromatic carbocycles. The normalized spacial score (nSPS) is 9.55. The standard InChI is InChI=1S/C6H4BrNO3/c7-5-4(9)2-1-3(8-5)6(10)11/h1-2,9H,(H,10,11). The molecule has 0 unspecified atom stereocenters. The van der Waals surface area contributed by atoms with Gasteiger partial charge in [0.2, 0.25) is 0 Å². The first-order valence-corrected chi connectivity index (χ1v) is 3.49. The molecule has 0 aliphatic heterocycles. The third-order valence-electron chi connectivity index (χ3n) is 1.05. The van der Waals surface area contributed by atoms with E-state index in [1.54, 1.807) is 0 Å². The van der Waals surface area contributed by atoms with E-state index in [9.17, 15) is 4.79 Å². The van der Waals surface area contributed by atoms with Gasteiger partial charge in [0.05, 0.1) is 0 Å². The van der Waals surface area contributed by atoms with Crippen molar-refractivity contribution in [1.29, 1.82) is 0 Å². The molecule has 0 bridgehead atoms. The maximum Gasteiger partial charge on any atom is 0.354 e. The van der Waals surface area contributed by atoms with Crippen LogP contribution in [0.2, 0.25) is 0 Å². The Morgan fingerprint density at radius 2 is 2.18 bits per heavy atom. The lowest BCUT2D eigenvalue weighted by Gasteiger charge is -1.96. The van der Waals surface area contributed by atoms with E-state index < -0.39 is 5.97 Å². The van der Waals surface area contributed by atoms with Gasteiger partial charge in [0, 0.05) is 0 Å². The van der Waals surface area contributed by atoms with E-state index in [1.807, 2.05) is 0 Å². The number of halogens is 1. The number of pyridine rings is 1. The van der Waals surface area contributed by atoms with Crippen molar-refractivity contribution in [3.8, 4) is 5.75 Å². The molecule has 11 heavy (non-hydrogen) atoms. The number of hydrogen-bond acceptors (Lipinski definition) is 3. The largest absolute Gasteiger partial charge is 0.505 e. The molecule has 1 rings (SSSR count). The monoisotopic (exact) mass is 217 g/mol. The van der Waals surface area contributed by atoms with Crippen molar-refractivity contribution in [3.63, 3.8) is 0 Å². The second kappa shape index (κ2) is 2.87. The highest BCUT2D eigenvalue weighted by molar-refractivity contribution is 9.10. The fourth-order valence-corrected chi connectivity index (χ4v) is 0.869. The summed E-state index contributed by atoms with van der Waals surface area (Å²) in [5, 5.41) is 17.4. The molecular formula is C6H4BrNO3. The SMILES string of the molecule is O=C(O)c1ccc(O)c(Br)n1. The number of hydrogen-bond donors (Lipinski definition) is 2. The van der Waals surface area contributed by atoms with E-state index in [0.717, 1.165) is 0 Å². The molecule has 0 saturated heterocycles. The Hall–Kier alpha value is -1.10. The van der Waals surface area contributed by atoms with Gasteiger partial charge in [-0.3, -0.25) is 0 Å². The first-order chi connectivity index (χ1) is 5.11. The molecule has 0 radical (unpaired) electrons. The van der Waals surface area contributed by atoms with Crippen LogP contribution in [0.15, 0.2) is 16.7 Å². The molecule has 58 valence electrons. The summed E-state index contributed by atoms with van der Waals surface area (Å²) in [4.78, 5) is 13.8. The minimum absolute atomic E-state index is 0.0741. The molecule has 1 aromatic rings. The van der Waals surface area contributed by atoms with Crippen molar-refractivity contribution in [2.75, 3.05) is 0 Å². The zero-order chi connectivity index (χ0) is 8.43. The number of carboxylic acids is 1. The maximum atomic E-state index is 10.3. The lowest BCUT2D eigenvalue weighted by Crippen LogP contribution is -1.99. The van der Waals surface area contributed by atoms with Crippen LogP contribution in [-0.2, 0) is 0 Å². The predicted octanol–water partition coefficient (Wildman–Crippen LogP) is 1.25. The average Bonchev–Trinajstić information content (AvgIpc) is 1.94. The van der Waals surface area contributed by atoms with Crippen molar-refractivity contribution in [1.82, 2.24) is 4.98 Å². The number of carbonyl (C=O) groups is 1. The van der Waals surface area contributed by atoms with E-state index in [2.05, 4.69) is 20.9 Å². The number of aromatic nitrogens is 1. The van der Waals surface area contributed by atoms with Gasteiger partial charge in [-0.05, 0) is 28.1 Å². The van der Waals surface area contributed by atoms with Crippen LogP contribution in [0.3, 0.4) is 0 Å². The zero-order valence-electron chi connectivity index (χ0n) is 5.28. The van der Waals surface area contributed by atoms with Gasteiger partial charge < -0.3 is 10.2 Å². The number of rotatable bonds is 1. The highest BCUT2D eigenvalue weighted by Crippen LogP contribution is 2.20. The van der Waals surface area contributed by atoms with E-state index >= 15 is 0 Å². The van der Waals surface area contributed by atoms with Gasteiger partial charge in [-0.25, -0.2) is 9.78 Å². The molecular weight excluding hydrogens is 214 g/mol. The third-order valence-corrected chi connectivity index (χ3v) is 1.63. The predicted molar refractivity (Wildman–Crippen MR) is 40.6 cm³/mol. The Labute approximate surface area is 70.6 Å². The van der Waals surface area contributed by atoms with Gasteiger partial charge in [-0.15, -0.1) is 0 Å². The van der Waals surface area contributed by atoms with Crippen LogP contribution in [0.5, 0.6) is 5.75 Å². The average molecular weight is 218 g/mol. The van der Waals surface area contributed by atoms with Crippen LogP contribution < -0.4 is 0 Å². The summed E-state index contributed by atoms with van der Waals surface area (Å²) in [5.74, 6) is -1.19. The maximum absolute atomic E-state index is 10.3. The molecule has 1 aromatic heterocycles. The molecule has 4 nitrogen and oxygen atoms in total. The van der Waals surface area contributed by atoms with Crippen LogP contribution in [0.1, 0.15) is 10.5 Å². The molecule has 0 amide bonds. The number of aromatic hydroxyl groups is 1. The molecule has 2 N–H and O–H groups in total. The van der Waals surface area contributed by atoms with Gasteiger partial charge in [0.1, 0.15) is 16.0 Å². The molecule has 0 spiro atoms. The van der Waals surface area contributed by atoms with E-state index in [0.29, 0.717) is 0 Å². The molecule has 5 heteroatoms. The highest BCUT2D eigenvalue weighted by atomic mass is 79.9. The molecule has 0 atom stereocenters.